The van der Waals surface area contributed by atoms with Crippen LogP contribution in [0.2, 0.25) is 0 Å². The zero-order valence-electron chi connectivity index (χ0n) is 23.3. The molecule has 220 valence electrons. The molecule has 1 aromatic rings. The summed E-state index contributed by atoms with van der Waals surface area (Å²) >= 11 is 0. The lowest BCUT2D eigenvalue weighted by atomic mass is 10.0. The van der Waals surface area contributed by atoms with E-state index in [0.29, 0.717) is 18.8 Å². The molecule has 1 rings (SSSR count). The van der Waals surface area contributed by atoms with Crippen molar-refractivity contribution in [2.24, 2.45) is 40.7 Å². The van der Waals surface area contributed by atoms with E-state index in [1.165, 1.54) is 0 Å². The van der Waals surface area contributed by atoms with Gasteiger partial charge in [0.2, 0.25) is 0 Å². The Kier molecular flexibility index (Phi) is 22.8. The van der Waals surface area contributed by atoms with Crippen LogP contribution in [0.4, 0.5) is 0 Å². The third-order valence-electron chi connectivity index (χ3n) is 5.20. The Labute approximate surface area is 225 Å². The van der Waals surface area contributed by atoms with Crippen molar-refractivity contribution in [3.05, 3.63) is 35.9 Å². The molecule has 0 saturated heterocycles. The fraction of sp³-hybridized carbons (Fsp3) is 0.615. The van der Waals surface area contributed by atoms with Gasteiger partial charge in [0.1, 0.15) is 24.2 Å². The van der Waals surface area contributed by atoms with E-state index in [9.17, 15) is 19.2 Å². The fourth-order valence-corrected chi connectivity index (χ4v) is 2.35. The zero-order valence-corrected chi connectivity index (χ0v) is 23.3. The van der Waals surface area contributed by atoms with Crippen molar-refractivity contribution in [3.8, 4) is 0 Å². The first-order chi connectivity index (χ1) is 17.4. The first-order valence-corrected chi connectivity index (χ1v) is 12.4. The number of carboxylic acids is 4. The van der Waals surface area contributed by atoms with Crippen molar-refractivity contribution in [2.75, 3.05) is 0 Å². The van der Waals surface area contributed by atoms with Crippen molar-refractivity contribution in [1.82, 2.24) is 0 Å². The maximum absolute atomic E-state index is 10.4. The molecule has 12 heteroatoms. The molecule has 0 radical (unpaired) electrons. The van der Waals surface area contributed by atoms with Crippen LogP contribution in [0.25, 0.3) is 0 Å². The summed E-state index contributed by atoms with van der Waals surface area (Å²) in [6.07, 6.45) is 1.75. The number of aliphatic carboxylic acids is 4. The van der Waals surface area contributed by atoms with E-state index in [2.05, 4.69) is 0 Å². The summed E-state index contributed by atoms with van der Waals surface area (Å²) in [5.41, 5.74) is 21.9. The molecule has 0 aromatic heterocycles. The highest BCUT2D eigenvalue weighted by atomic mass is 16.4. The van der Waals surface area contributed by atoms with Gasteiger partial charge in [-0.05, 0) is 36.2 Å². The summed E-state index contributed by atoms with van der Waals surface area (Å²) in [4.78, 5) is 40.7. The third kappa shape index (κ3) is 22.2. The van der Waals surface area contributed by atoms with Gasteiger partial charge < -0.3 is 43.4 Å². The summed E-state index contributed by atoms with van der Waals surface area (Å²) in [5.74, 6) is -3.27. The highest BCUT2D eigenvalue weighted by Gasteiger charge is 2.17. The minimum Gasteiger partial charge on any atom is -0.480 e. The summed E-state index contributed by atoms with van der Waals surface area (Å²) in [5, 5.41) is 33.4. The molecule has 38 heavy (non-hydrogen) atoms. The van der Waals surface area contributed by atoms with Gasteiger partial charge in [0.25, 0.3) is 0 Å². The molecule has 0 spiro atoms. The van der Waals surface area contributed by atoms with Crippen molar-refractivity contribution >= 4 is 23.9 Å². The van der Waals surface area contributed by atoms with Crippen LogP contribution in [0, 0.1) is 17.8 Å². The minimum absolute atomic E-state index is 0.0208. The largest absolute Gasteiger partial charge is 0.480 e. The number of hydrogen-bond acceptors (Lipinski definition) is 8. The second-order valence-electron chi connectivity index (χ2n) is 9.57. The SMILES string of the molecule is CC(C)C[C@H](N)C(=O)O.CC(C)[C@H](N)C(=O)O.CC[C@H](C)[C@H](N)C(=O)O.N[C@@H](Cc1ccccc1)C(=O)O. The number of rotatable bonds is 11. The zero-order chi connectivity index (χ0) is 30.6. The van der Waals surface area contributed by atoms with Gasteiger partial charge in [-0.3, -0.25) is 19.2 Å². The average Bonchev–Trinajstić information content (AvgIpc) is 2.83. The molecule has 0 aliphatic carbocycles. The molecule has 1 aromatic carbocycles. The third-order valence-corrected chi connectivity index (χ3v) is 5.20. The first-order valence-electron chi connectivity index (χ1n) is 12.4. The molecule has 0 heterocycles. The molecular formula is C26H48N4O8. The highest BCUT2D eigenvalue weighted by Crippen LogP contribution is 2.04. The summed E-state index contributed by atoms with van der Waals surface area (Å²) in [6.45, 7) is 11.2. The smallest absolute Gasteiger partial charge is 0.320 e. The molecule has 0 saturated carbocycles. The Morgan fingerprint density at radius 3 is 1.32 bits per heavy atom. The van der Waals surface area contributed by atoms with E-state index >= 15 is 0 Å². The van der Waals surface area contributed by atoms with Gasteiger partial charge in [-0.25, -0.2) is 0 Å². The van der Waals surface area contributed by atoms with E-state index in [-0.39, 0.29) is 11.8 Å². The van der Waals surface area contributed by atoms with Gasteiger partial charge in [0, 0.05) is 0 Å². The van der Waals surface area contributed by atoms with E-state index in [1.54, 1.807) is 13.8 Å². The van der Waals surface area contributed by atoms with Gasteiger partial charge in [0.05, 0.1) is 0 Å². The van der Waals surface area contributed by atoms with Crippen LogP contribution in [-0.4, -0.2) is 68.5 Å². The minimum atomic E-state index is -0.959. The normalized spacial score (nSPS) is 14.1. The van der Waals surface area contributed by atoms with Crippen molar-refractivity contribution in [3.63, 3.8) is 0 Å². The van der Waals surface area contributed by atoms with E-state index in [4.69, 9.17) is 43.4 Å². The predicted octanol–water partition coefficient (Wildman–Crippen LogP) is 1.58. The van der Waals surface area contributed by atoms with Gasteiger partial charge >= 0.3 is 23.9 Å². The van der Waals surface area contributed by atoms with E-state index in [1.807, 2.05) is 58.0 Å². The second kappa shape index (κ2) is 22.0. The van der Waals surface area contributed by atoms with Crippen molar-refractivity contribution < 1.29 is 39.6 Å². The molecule has 0 aliphatic heterocycles. The fourth-order valence-electron chi connectivity index (χ4n) is 2.35. The van der Waals surface area contributed by atoms with Crippen LogP contribution in [0.15, 0.2) is 30.3 Å². The molecule has 0 aliphatic rings. The Morgan fingerprint density at radius 1 is 0.684 bits per heavy atom. The Morgan fingerprint density at radius 2 is 1.11 bits per heavy atom. The van der Waals surface area contributed by atoms with Crippen LogP contribution >= 0.6 is 0 Å². The number of benzene rings is 1. The molecule has 0 fully saturated rings. The molecule has 0 amide bonds. The van der Waals surface area contributed by atoms with Crippen LogP contribution in [0.1, 0.15) is 59.9 Å². The van der Waals surface area contributed by atoms with Gasteiger partial charge in [-0.2, -0.15) is 0 Å². The molecule has 0 bridgehead atoms. The van der Waals surface area contributed by atoms with E-state index < -0.39 is 48.0 Å². The van der Waals surface area contributed by atoms with Gasteiger partial charge in [-0.15, -0.1) is 0 Å². The highest BCUT2D eigenvalue weighted by molar-refractivity contribution is 5.74. The number of hydrogen-bond donors (Lipinski definition) is 8. The molecule has 5 atom stereocenters. The Balaban J connectivity index is -0.000000436. The van der Waals surface area contributed by atoms with Crippen LogP contribution in [-0.2, 0) is 25.6 Å². The number of carbonyl (C=O) groups is 4. The quantitative estimate of drug-likeness (QED) is 0.197. The van der Waals surface area contributed by atoms with Crippen molar-refractivity contribution in [1.29, 1.82) is 0 Å². The Hall–Kier alpha value is -3.06. The summed E-state index contributed by atoms with van der Waals surface area (Å²) in [6, 6.07) is 6.44. The van der Waals surface area contributed by atoms with Crippen LogP contribution in [0.5, 0.6) is 0 Å². The predicted molar refractivity (Wildman–Crippen MR) is 146 cm³/mol. The summed E-state index contributed by atoms with van der Waals surface area (Å²) in [7, 11) is 0. The second-order valence-corrected chi connectivity index (χ2v) is 9.57. The maximum atomic E-state index is 10.4. The van der Waals surface area contributed by atoms with Gasteiger partial charge in [0.15, 0.2) is 0 Å². The average molecular weight is 545 g/mol. The van der Waals surface area contributed by atoms with E-state index in [0.717, 1.165) is 12.0 Å². The number of carboxylic acid groups (broad SMARTS) is 4. The lowest BCUT2D eigenvalue weighted by Gasteiger charge is -2.11. The van der Waals surface area contributed by atoms with Crippen molar-refractivity contribution in [2.45, 2.75) is 85.0 Å². The lowest BCUT2D eigenvalue weighted by molar-refractivity contribution is -0.140. The molecular weight excluding hydrogens is 496 g/mol. The topological polar surface area (TPSA) is 253 Å². The standard InChI is InChI=1S/C9H11NO2.2C6H13NO2.C5H11NO2/c10-8(9(11)12)6-7-4-2-1-3-5-7;1-4(2)3-5(7)6(8)9;1-3-4(2)5(7)6(8)9;1-3(2)4(6)5(7)8/h1-5,8H,6,10H2,(H,11,12);2*4-5H,3,7H2,1-2H3,(H,8,9);3-4H,6H2,1-2H3,(H,7,8)/t8-;5-;4-,5-;4-/m0000/s1. The molecule has 0 unspecified atom stereocenters. The molecule has 12 nitrogen and oxygen atoms in total. The number of nitrogens with two attached hydrogens (primary N) is 4. The first kappa shape index (κ1) is 39.5. The maximum Gasteiger partial charge on any atom is 0.320 e. The van der Waals surface area contributed by atoms with Crippen LogP contribution < -0.4 is 22.9 Å². The molecule has 12 N–H and O–H groups in total. The summed E-state index contributed by atoms with van der Waals surface area (Å²) < 4.78 is 0. The van der Waals surface area contributed by atoms with Gasteiger partial charge in [-0.1, -0.05) is 78.3 Å². The lowest BCUT2D eigenvalue weighted by Crippen LogP contribution is -2.36. The Bertz CT molecular complexity index is 806. The monoisotopic (exact) mass is 544 g/mol. The van der Waals surface area contributed by atoms with Crippen LogP contribution in [0.3, 0.4) is 0 Å².